The number of ketones is 1. The molecule has 1 aliphatic heterocycles. The number of carbonyl (C=O) groups excluding carboxylic acids is 1. The number of hydrogen-bond acceptors (Lipinski definition) is 4. The minimum Gasteiger partial charge on any atom is -0.487 e. The Bertz CT molecular complexity index is 1030. The Morgan fingerprint density at radius 3 is 2.61 bits per heavy atom. The number of aliphatic hydroxyl groups is 1. The lowest BCUT2D eigenvalue weighted by atomic mass is 9.72. The van der Waals surface area contributed by atoms with Gasteiger partial charge in [-0.15, -0.1) is 0 Å². The molecule has 2 unspecified atom stereocenters. The summed E-state index contributed by atoms with van der Waals surface area (Å²) in [6.07, 6.45) is 2.78. The first-order chi connectivity index (χ1) is 15.6. The first-order valence-electron chi connectivity index (χ1n) is 11.6. The van der Waals surface area contributed by atoms with Gasteiger partial charge in [0.1, 0.15) is 22.7 Å². The number of halogens is 1. The quantitative estimate of drug-likeness (QED) is 0.353. The Balaban J connectivity index is 2.14. The maximum atomic E-state index is 13.5. The van der Waals surface area contributed by atoms with Crippen LogP contribution in [0.5, 0.6) is 5.75 Å². The molecule has 0 fully saturated rings. The van der Waals surface area contributed by atoms with E-state index in [4.69, 9.17) is 27.1 Å². The van der Waals surface area contributed by atoms with E-state index in [9.17, 15) is 9.90 Å². The average molecular weight is 471 g/mol. The van der Waals surface area contributed by atoms with Gasteiger partial charge in [0.2, 0.25) is 0 Å². The summed E-state index contributed by atoms with van der Waals surface area (Å²) in [5, 5.41) is 9.93. The predicted molar refractivity (Wildman–Crippen MR) is 135 cm³/mol. The number of aliphatic hydroxyl groups excluding tert-OH is 1. The second-order valence-electron chi connectivity index (χ2n) is 9.66. The molecule has 33 heavy (non-hydrogen) atoms. The number of ether oxygens (including phenoxy) is 1. The highest BCUT2D eigenvalue weighted by molar-refractivity contribution is 6.30. The largest absolute Gasteiger partial charge is 0.487 e. The van der Waals surface area contributed by atoms with Crippen molar-refractivity contribution in [2.45, 2.75) is 70.9 Å². The van der Waals surface area contributed by atoms with Crippen LogP contribution in [-0.2, 0) is 10.3 Å². The Morgan fingerprint density at radius 2 is 1.97 bits per heavy atom. The van der Waals surface area contributed by atoms with Crippen molar-refractivity contribution in [2.75, 3.05) is 6.61 Å². The molecule has 6 heteroatoms. The topological polar surface area (TPSA) is 84.9 Å². The molecular formula is C27H35ClN2O3. The maximum Gasteiger partial charge on any atom is 0.138 e. The van der Waals surface area contributed by atoms with Gasteiger partial charge in [-0.05, 0) is 75.4 Å². The Labute approximate surface area is 202 Å². The molecule has 0 aromatic heterocycles. The smallest absolute Gasteiger partial charge is 0.138 e. The number of carbonyl (C=O) groups is 1. The fourth-order valence-corrected chi connectivity index (χ4v) is 5.15. The number of fused-ring (bicyclic) bond motifs is 1. The molecule has 0 bridgehead atoms. The molecule has 178 valence electrons. The number of amidine groups is 1. The molecule has 1 heterocycles. The predicted octanol–water partition coefficient (Wildman–Crippen LogP) is 5.90. The second-order valence-corrected chi connectivity index (χ2v) is 10.1. The first kappa shape index (κ1) is 25.3. The van der Waals surface area contributed by atoms with Crippen LogP contribution in [0.25, 0.3) is 11.1 Å². The van der Waals surface area contributed by atoms with E-state index in [1.165, 1.54) is 0 Å². The summed E-state index contributed by atoms with van der Waals surface area (Å²) in [5.41, 5.74) is 7.63. The van der Waals surface area contributed by atoms with Crippen molar-refractivity contribution in [1.29, 1.82) is 0 Å². The number of nitrogens with zero attached hydrogens (tertiary/aromatic N) is 1. The minimum absolute atomic E-state index is 0.0850. The van der Waals surface area contributed by atoms with Crippen molar-refractivity contribution in [3.05, 3.63) is 53.1 Å². The molecular weight excluding hydrogens is 436 g/mol. The fraction of sp³-hybridized carbons (Fsp3) is 0.481. The average Bonchev–Trinajstić information content (AvgIpc) is 2.72. The van der Waals surface area contributed by atoms with Crippen LogP contribution in [0.3, 0.4) is 0 Å². The summed E-state index contributed by atoms with van der Waals surface area (Å²) in [4.78, 5) is 18.4. The zero-order valence-corrected chi connectivity index (χ0v) is 20.8. The SMILES string of the molecule is CCC(CCCO)C(=O)CC1(N=C(C)N)CC(C)(C)Oc2ccc(-c3cccc(Cl)c3)cc21. The zero-order chi connectivity index (χ0) is 24.2. The number of Topliss-reactive ketones (excluding diaryl/α,β-unsaturated/α-hetero) is 1. The molecule has 1 aliphatic rings. The van der Waals surface area contributed by atoms with Gasteiger partial charge in [0.15, 0.2) is 0 Å². The van der Waals surface area contributed by atoms with E-state index < -0.39 is 11.1 Å². The van der Waals surface area contributed by atoms with Crippen LogP contribution >= 0.6 is 11.6 Å². The summed E-state index contributed by atoms with van der Waals surface area (Å²) in [5.74, 6) is 1.18. The Kier molecular flexibility index (Phi) is 7.86. The van der Waals surface area contributed by atoms with E-state index in [2.05, 4.69) is 6.07 Å². The second kappa shape index (κ2) is 10.3. The van der Waals surface area contributed by atoms with Gasteiger partial charge in [-0.3, -0.25) is 9.79 Å². The molecule has 2 aromatic rings. The Morgan fingerprint density at radius 1 is 1.24 bits per heavy atom. The van der Waals surface area contributed by atoms with Crippen molar-refractivity contribution in [3.8, 4) is 16.9 Å². The lowest BCUT2D eigenvalue weighted by Gasteiger charge is -2.44. The van der Waals surface area contributed by atoms with Crippen LogP contribution in [0.2, 0.25) is 5.02 Å². The van der Waals surface area contributed by atoms with Crippen molar-refractivity contribution in [2.24, 2.45) is 16.6 Å². The molecule has 3 rings (SSSR count). The van der Waals surface area contributed by atoms with E-state index in [0.29, 0.717) is 30.1 Å². The molecule has 0 spiro atoms. The third-order valence-electron chi connectivity index (χ3n) is 6.26. The summed E-state index contributed by atoms with van der Waals surface area (Å²) in [7, 11) is 0. The maximum absolute atomic E-state index is 13.5. The zero-order valence-electron chi connectivity index (χ0n) is 20.0. The molecule has 0 radical (unpaired) electrons. The summed E-state index contributed by atoms with van der Waals surface area (Å²) < 4.78 is 6.32. The number of rotatable bonds is 9. The van der Waals surface area contributed by atoms with Crippen LogP contribution in [0.1, 0.15) is 65.4 Å². The Hall–Kier alpha value is -2.37. The molecule has 0 saturated heterocycles. The number of aliphatic imine (C=N–C) groups is 1. The number of hydrogen-bond donors (Lipinski definition) is 2. The van der Waals surface area contributed by atoms with Crippen LogP contribution in [-0.4, -0.2) is 28.9 Å². The third kappa shape index (κ3) is 5.96. The number of nitrogens with two attached hydrogens (primary N) is 1. The van der Waals surface area contributed by atoms with Crippen molar-refractivity contribution >= 4 is 23.2 Å². The molecule has 0 aliphatic carbocycles. The van der Waals surface area contributed by atoms with Crippen LogP contribution in [0.15, 0.2) is 47.5 Å². The normalized spacial score (nSPS) is 20.6. The molecule has 0 amide bonds. The van der Waals surface area contributed by atoms with E-state index in [0.717, 1.165) is 28.9 Å². The molecule has 5 nitrogen and oxygen atoms in total. The van der Waals surface area contributed by atoms with Crippen molar-refractivity contribution in [3.63, 3.8) is 0 Å². The van der Waals surface area contributed by atoms with Crippen LogP contribution < -0.4 is 10.5 Å². The van der Waals surface area contributed by atoms with E-state index >= 15 is 0 Å². The lowest BCUT2D eigenvalue weighted by Crippen LogP contribution is -2.45. The van der Waals surface area contributed by atoms with Gasteiger partial charge in [0.05, 0.1) is 5.84 Å². The number of benzene rings is 2. The monoisotopic (exact) mass is 470 g/mol. The molecule has 0 saturated carbocycles. The van der Waals surface area contributed by atoms with Crippen molar-refractivity contribution in [1.82, 2.24) is 0 Å². The molecule has 2 atom stereocenters. The van der Waals surface area contributed by atoms with Gasteiger partial charge in [0, 0.05) is 36.0 Å². The fourth-order valence-electron chi connectivity index (χ4n) is 4.96. The van der Waals surface area contributed by atoms with E-state index in [1.54, 1.807) is 6.92 Å². The molecule has 2 aromatic carbocycles. The highest BCUT2D eigenvalue weighted by Crippen LogP contribution is 2.50. The lowest BCUT2D eigenvalue weighted by molar-refractivity contribution is -0.125. The van der Waals surface area contributed by atoms with E-state index in [1.807, 2.05) is 57.2 Å². The van der Waals surface area contributed by atoms with Crippen LogP contribution in [0, 0.1) is 5.92 Å². The van der Waals surface area contributed by atoms with Crippen molar-refractivity contribution < 1.29 is 14.6 Å². The molecule has 3 N–H and O–H groups in total. The van der Waals surface area contributed by atoms with Gasteiger partial charge < -0.3 is 15.6 Å². The van der Waals surface area contributed by atoms with Gasteiger partial charge >= 0.3 is 0 Å². The third-order valence-corrected chi connectivity index (χ3v) is 6.49. The summed E-state index contributed by atoms with van der Waals surface area (Å²) in [6, 6.07) is 13.7. The van der Waals surface area contributed by atoms with Gasteiger partial charge in [-0.1, -0.05) is 36.7 Å². The summed E-state index contributed by atoms with van der Waals surface area (Å²) in [6.45, 7) is 7.90. The van der Waals surface area contributed by atoms with Gasteiger partial charge in [0.25, 0.3) is 0 Å². The van der Waals surface area contributed by atoms with Crippen LogP contribution in [0.4, 0.5) is 0 Å². The van der Waals surface area contributed by atoms with E-state index in [-0.39, 0.29) is 24.7 Å². The summed E-state index contributed by atoms with van der Waals surface area (Å²) >= 11 is 6.24. The van der Waals surface area contributed by atoms with Gasteiger partial charge in [-0.25, -0.2) is 0 Å². The standard InChI is InChI=1S/C27H35ClN2O3/c1-5-19(9-7-13-31)24(32)16-27(30-18(2)29)17-26(3,4)33-25-12-11-21(15-23(25)27)20-8-6-10-22(28)14-20/h6,8,10-12,14-15,19,31H,5,7,9,13,16-17H2,1-4H3,(H2,29,30). The van der Waals surface area contributed by atoms with Gasteiger partial charge in [-0.2, -0.15) is 0 Å². The highest BCUT2D eigenvalue weighted by Gasteiger charge is 2.47. The minimum atomic E-state index is -0.825. The highest BCUT2D eigenvalue weighted by atomic mass is 35.5. The first-order valence-corrected chi connectivity index (χ1v) is 12.0.